The van der Waals surface area contributed by atoms with E-state index in [1.165, 1.54) is 12.3 Å². The van der Waals surface area contributed by atoms with Crippen LogP contribution in [0.1, 0.15) is 13.8 Å². The third-order valence-electron chi connectivity index (χ3n) is 3.19. The van der Waals surface area contributed by atoms with Crippen LogP contribution in [0.4, 0.5) is 8.78 Å². The van der Waals surface area contributed by atoms with E-state index in [-0.39, 0.29) is 11.9 Å². The van der Waals surface area contributed by atoms with Gasteiger partial charge in [0.1, 0.15) is 17.8 Å². The average Bonchev–Trinajstić information content (AvgIpc) is 2.61. The standard InChI is InChI=1S/C13H19F2N3O3/c1-7(2)16-10-4-5-18(8(3)17-10)12-13(14,15)11(20)9(6-19)21-12/h4-5,7,9,11-12,19-20H,3,6H2,1-2H3,(H,16,17)/t9-,11+,12-/m1/s1. The average molecular weight is 303 g/mol. The molecule has 0 spiro atoms. The van der Waals surface area contributed by atoms with Crippen molar-refractivity contribution in [2.45, 2.75) is 44.2 Å². The lowest BCUT2D eigenvalue weighted by atomic mass is 10.1. The van der Waals surface area contributed by atoms with E-state index >= 15 is 0 Å². The van der Waals surface area contributed by atoms with Gasteiger partial charge in [0, 0.05) is 12.2 Å². The highest BCUT2D eigenvalue weighted by molar-refractivity contribution is 5.95. The number of nitrogens with one attached hydrogen (secondary N) is 1. The van der Waals surface area contributed by atoms with Crippen LogP contribution in [-0.4, -0.2) is 58.0 Å². The third-order valence-corrected chi connectivity index (χ3v) is 3.19. The van der Waals surface area contributed by atoms with Gasteiger partial charge >= 0.3 is 5.92 Å². The second-order valence-corrected chi connectivity index (χ2v) is 5.23. The van der Waals surface area contributed by atoms with Crippen molar-refractivity contribution in [1.82, 2.24) is 10.2 Å². The SMILES string of the molecule is C=C1NC(=NC(C)C)C=CN1[C@@H]1O[C@H](CO)[C@H](O)C1(F)F. The second kappa shape index (κ2) is 5.70. The van der Waals surface area contributed by atoms with Gasteiger partial charge in [0.15, 0.2) is 6.10 Å². The van der Waals surface area contributed by atoms with Crippen LogP contribution in [0.25, 0.3) is 0 Å². The van der Waals surface area contributed by atoms with Crippen molar-refractivity contribution in [3.05, 3.63) is 24.7 Å². The molecule has 0 aromatic heterocycles. The lowest BCUT2D eigenvalue weighted by molar-refractivity contribution is -0.149. The van der Waals surface area contributed by atoms with Gasteiger partial charge in [-0.2, -0.15) is 8.78 Å². The minimum absolute atomic E-state index is 0.0428. The summed E-state index contributed by atoms with van der Waals surface area (Å²) in [6, 6.07) is 0.0428. The third kappa shape index (κ3) is 2.92. The van der Waals surface area contributed by atoms with Gasteiger partial charge in [0.2, 0.25) is 6.23 Å². The number of halogens is 2. The molecule has 2 heterocycles. The van der Waals surface area contributed by atoms with Gasteiger partial charge in [0.25, 0.3) is 0 Å². The zero-order chi connectivity index (χ0) is 15.8. The van der Waals surface area contributed by atoms with Crippen molar-refractivity contribution >= 4 is 5.84 Å². The van der Waals surface area contributed by atoms with Crippen LogP contribution in [0.5, 0.6) is 0 Å². The molecule has 1 fully saturated rings. The topological polar surface area (TPSA) is 77.3 Å². The van der Waals surface area contributed by atoms with E-state index in [0.29, 0.717) is 5.84 Å². The Morgan fingerprint density at radius 3 is 2.71 bits per heavy atom. The molecule has 3 atom stereocenters. The molecule has 0 bridgehead atoms. The molecule has 2 rings (SSSR count). The van der Waals surface area contributed by atoms with Crippen LogP contribution in [0.2, 0.25) is 0 Å². The van der Waals surface area contributed by atoms with Gasteiger partial charge in [-0.25, -0.2) is 0 Å². The fourth-order valence-electron chi connectivity index (χ4n) is 2.19. The predicted octanol–water partition coefficient (Wildman–Crippen LogP) is 0.397. The van der Waals surface area contributed by atoms with Crippen molar-refractivity contribution in [2.75, 3.05) is 6.61 Å². The Kier molecular flexibility index (Phi) is 4.31. The first-order valence-electron chi connectivity index (χ1n) is 6.59. The van der Waals surface area contributed by atoms with Crippen LogP contribution < -0.4 is 5.32 Å². The highest BCUT2D eigenvalue weighted by Gasteiger charge is 2.60. The van der Waals surface area contributed by atoms with Crippen LogP contribution in [0.15, 0.2) is 29.7 Å². The number of alkyl halides is 2. The van der Waals surface area contributed by atoms with Crippen molar-refractivity contribution < 1.29 is 23.7 Å². The summed E-state index contributed by atoms with van der Waals surface area (Å²) in [6.07, 6.45) is -2.25. The second-order valence-electron chi connectivity index (χ2n) is 5.23. The number of ether oxygens (including phenoxy) is 1. The minimum atomic E-state index is -3.53. The summed E-state index contributed by atoms with van der Waals surface area (Å²) in [7, 11) is 0. The van der Waals surface area contributed by atoms with Crippen LogP contribution >= 0.6 is 0 Å². The normalized spacial score (nSPS) is 33.9. The molecule has 0 aromatic rings. The Labute approximate surface area is 121 Å². The summed E-state index contributed by atoms with van der Waals surface area (Å²) in [5.74, 6) is -2.87. The summed E-state index contributed by atoms with van der Waals surface area (Å²) in [5.41, 5.74) is 0. The Morgan fingerprint density at radius 1 is 1.57 bits per heavy atom. The lowest BCUT2D eigenvalue weighted by Crippen LogP contribution is -2.50. The first-order chi connectivity index (χ1) is 9.77. The molecule has 0 unspecified atom stereocenters. The molecule has 0 aliphatic carbocycles. The van der Waals surface area contributed by atoms with Crippen molar-refractivity contribution in [3.8, 4) is 0 Å². The van der Waals surface area contributed by atoms with Crippen LogP contribution in [0.3, 0.4) is 0 Å². The minimum Gasteiger partial charge on any atom is -0.394 e. The Hall–Kier alpha value is -1.51. The maximum Gasteiger partial charge on any atom is 0.320 e. The van der Waals surface area contributed by atoms with E-state index in [2.05, 4.69) is 16.9 Å². The number of amidine groups is 1. The van der Waals surface area contributed by atoms with Gasteiger partial charge in [-0.05, 0) is 19.9 Å². The largest absolute Gasteiger partial charge is 0.394 e. The van der Waals surface area contributed by atoms with Crippen molar-refractivity contribution in [1.29, 1.82) is 0 Å². The fraction of sp³-hybridized carbons (Fsp3) is 0.615. The molecule has 21 heavy (non-hydrogen) atoms. The molecule has 0 radical (unpaired) electrons. The van der Waals surface area contributed by atoms with E-state index in [1.54, 1.807) is 0 Å². The van der Waals surface area contributed by atoms with E-state index in [9.17, 15) is 13.9 Å². The smallest absolute Gasteiger partial charge is 0.320 e. The molecule has 0 saturated carbocycles. The molecule has 1 saturated heterocycles. The van der Waals surface area contributed by atoms with E-state index < -0.39 is 31.0 Å². The monoisotopic (exact) mass is 303 g/mol. The molecule has 0 amide bonds. The maximum absolute atomic E-state index is 14.0. The maximum atomic E-state index is 14.0. The summed E-state index contributed by atoms with van der Waals surface area (Å²) >= 11 is 0. The summed E-state index contributed by atoms with van der Waals surface area (Å²) in [4.78, 5) is 5.33. The van der Waals surface area contributed by atoms with Crippen LogP contribution in [-0.2, 0) is 4.74 Å². The summed E-state index contributed by atoms with van der Waals surface area (Å²) < 4.78 is 33.1. The summed E-state index contributed by atoms with van der Waals surface area (Å²) in [6.45, 7) is 6.74. The van der Waals surface area contributed by atoms with Gasteiger partial charge in [-0.15, -0.1) is 0 Å². The van der Waals surface area contributed by atoms with Gasteiger partial charge in [0.05, 0.1) is 6.61 Å². The van der Waals surface area contributed by atoms with Crippen molar-refractivity contribution in [3.63, 3.8) is 0 Å². The van der Waals surface area contributed by atoms with Gasteiger partial charge in [-0.1, -0.05) is 6.58 Å². The number of aliphatic hydroxyl groups excluding tert-OH is 2. The first kappa shape index (κ1) is 15.9. The van der Waals surface area contributed by atoms with E-state index in [1.807, 2.05) is 13.8 Å². The molecular weight excluding hydrogens is 284 g/mol. The molecule has 118 valence electrons. The molecule has 2 aliphatic rings. The lowest BCUT2D eigenvalue weighted by Gasteiger charge is -2.34. The zero-order valence-electron chi connectivity index (χ0n) is 11.8. The molecule has 3 N–H and O–H groups in total. The van der Waals surface area contributed by atoms with Gasteiger partial charge in [-0.3, -0.25) is 4.99 Å². The molecule has 8 heteroatoms. The quantitative estimate of drug-likeness (QED) is 0.703. The number of aliphatic imine (C=N–C) groups is 1. The molecule has 0 aromatic carbocycles. The zero-order valence-corrected chi connectivity index (χ0v) is 11.8. The van der Waals surface area contributed by atoms with Gasteiger partial charge < -0.3 is 25.2 Å². The number of aliphatic hydroxyl groups is 2. The van der Waals surface area contributed by atoms with E-state index in [4.69, 9.17) is 9.84 Å². The Bertz CT molecular complexity index is 479. The first-order valence-corrected chi connectivity index (χ1v) is 6.59. The molecular formula is C13H19F2N3O3. The number of rotatable bonds is 3. The number of nitrogens with zero attached hydrogens (tertiary/aromatic N) is 2. The highest BCUT2D eigenvalue weighted by atomic mass is 19.3. The predicted molar refractivity (Wildman–Crippen MR) is 72.5 cm³/mol. The molecule has 6 nitrogen and oxygen atoms in total. The highest BCUT2D eigenvalue weighted by Crippen LogP contribution is 2.39. The molecule has 2 aliphatic heterocycles. The Balaban J connectivity index is 2.22. The Morgan fingerprint density at radius 2 is 2.24 bits per heavy atom. The fourth-order valence-corrected chi connectivity index (χ4v) is 2.19. The summed E-state index contributed by atoms with van der Waals surface area (Å²) in [5, 5.41) is 21.3. The van der Waals surface area contributed by atoms with Crippen LogP contribution in [0, 0.1) is 0 Å². The number of hydrogen-bond donors (Lipinski definition) is 3. The van der Waals surface area contributed by atoms with E-state index in [0.717, 1.165) is 4.90 Å². The van der Waals surface area contributed by atoms with Crippen molar-refractivity contribution in [2.24, 2.45) is 4.99 Å². The number of hydrogen-bond acceptors (Lipinski definition) is 5.